The molecular weight excluding hydrogens is 338 g/mol. The number of carbonyl (C=O) groups excluding carboxylic acids is 2. The van der Waals surface area contributed by atoms with E-state index >= 15 is 0 Å². The first kappa shape index (κ1) is 15.2. The van der Waals surface area contributed by atoms with E-state index in [4.69, 9.17) is 4.74 Å². The fraction of sp³-hybridized carbons (Fsp3) is 0.214. The summed E-state index contributed by atoms with van der Waals surface area (Å²) in [5.41, 5.74) is 1.47. The molecule has 0 atom stereocenters. The molecule has 0 saturated heterocycles. The van der Waals surface area contributed by atoms with Gasteiger partial charge in [0.05, 0.1) is 12.2 Å². The number of carbonyl (C=O) groups is 2. The first-order valence-electron chi connectivity index (χ1n) is 6.32. The third-order valence-electron chi connectivity index (χ3n) is 2.67. The first-order chi connectivity index (χ1) is 10.0. The second kappa shape index (κ2) is 6.53. The van der Waals surface area contributed by atoms with Crippen molar-refractivity contribution < 1.29 is 14.3 Å². The molecule has 1 heterocycles. The Hall–Kier alpha value is -2.15. The summed E-state index contributed by atoms with van der Waals surface area (Å²) in [7, 11) is 0. The Morgan fingerprint density at radius 1 is 1.33 bits per heavy atom. The number of aromatic amines is 1. The summed E-state index contributed by atoms with van der Waals surface area (Å²) in [6, 6.07) is 7.33. The number of H-pyrrole nitrogens is 1. The van der Waals surface area contributed by atoms with E-state index in [1.807, 2.05) is 24.3 Å². The molecule has 0 fully saturated rings. The number of rotatable bonds is 4. The molecule has 0 unspecified atom stereocenters. The molecular formula is C14H14BrN3O3. The van der Waals surface area contributed by atoms with Crippen LogP contribution in [0.5, 0.6) is 0 Å². The van der Waals surface area contributed by atoms with Crippen molar-refractivity contribution in [1.82, 2.24) is 10.2 Å². The van der Waals surface area contributed by atoms with Crippen molar-refractivity contribution in [1.29, 1.82) is 0 Å². The number of nitrogens with one attached hydrogen (secondary N) is 2. The minimum Gasteiger partial charge on any atom is -0.461 e. The van der Waals surface area contributed by atoms with Gasteiger partial charge in [-0.05, 0) is 24.6 Å². The van der Waals surface area contributed by atoms with Crippen molar-refractivity contribution in [3.8, 4) is 11.1 Å². The quantitative estimate of drug-likeness (QED) is 0.829. The molecule has 0 aliphatic carbocycles. The Kier molecular flexibility index (Phi) is 4.74. The van der Waals surface area contributed by atoms with E-state index in [1.54, 1.807) is 6.92 Å². The molecule has 2 aromatic rings. The number of halogens is 1. The maximum atomic E-state index is 12.0. The van der Waals surface area contributed by atoms with Gasteiger partial charge in [0.1, 0.15) is 0 Å². The standard InChI is InChI=1S/C14H14BrN3O3/c1-3-21-14(20)12-11(9-4-6-10(15)7-5-9)13(18-17-12)16-8(2)19/h4-7H,3H2,1-2H3,(H2,16,17,18,19). The van der Waals surface area contributed by atoms with E-state index in [0.717, 1.165) is 10.0 Å². The van der Waals surface area contributed by atoms with E-state index in [-0.39, 0.29) is 18.2 Å². The number of ether oxygens (including phenoxy) is 1. The van der Waals surface area contributed by atoms with Crippen LogP contribution in [-0.2, 0) is 9.53 Å². The number of nitrogens with zero attached hydrogens (tertiary/aromatic N) is 1. The Labute approximate surface area is 130 Å². The second-order valence-electron chi connectivity index (χ2n) is 4.23. The molecule has 0 radical (unpaired) electrons. The van der Waals surface area contributed by atoms with Gasteiger partial charge in [-0.25, -0.2) is 4.79 Å². The summed E-state index contributed by atoms with van der Waals surface area (Å²) in [6.07, 6.45) is 0. The van der Waals surface area contributed by atoms with Gasteiger partial charge < -0.3 is 10.1 Å². The summed E-state index contributed by atoms with van der Waals surface area (Å²) in [4.78, 5) is 23.3. The fourth-order valence-electron chi connectivity index (χ4n) is 1.85. The Morgan fingerprint density at radius 2 is 2.00 bits per heavy atom. The van der Waals surface area contributed by atoms with Crippen molar-refractivity contribution in [2.75, 3.05) is 11.9 Å². The molecule has 2 N–H and O–H groups in total. The molecule has 7 heteroatoms. The van der Waals surface area contributed by atoms with Gasteiger partial charge in [0.25, 0.3) is 0 Å². The average molecular weight is 352 g/mol. The van der Waals surface area contributed by atoms with Crippen LogP contribution in [0.3, 0.4) is 0 Å². The van der Waals surface area contributed by atoms with Crippen molar-refractivity contribution in [2.45, 2.75) is 13.8 Å². The van der Waals surface area contributed by atoms with Gasteiger partial charge in [-0.15, -0.1) is 0 Å². The van der Waals surface area contributed by atoms with Gasteiger partial charge in [-0.2, -0.15) is 5.10 Å². The van der Waals surface area contributed by atoms with Crippen LogP contribution in [0, 0.1) is 0 Å². The summed E-state index contributed by atoms with van der Waals surface area (Å²) < 4.78 is 5.91. The van der Waals surface area contributed by atoms with Gasteiger partial charge in [0.2, 0.25) is 5.91 Å². The third kappa shape index (κ3) is 3.49. The zero-order valence-electron chi connectivity index (χ0n) is 11.6. The van der Waals surface area contributed by atoms with Crippen LogP contribution in [0.2, 0.25) is 0 Å². The topological polar surface area (TPSA) is 84.1 Å². The monoisotopic (exact) mass is 351 g/mol. The van der Waals surface area contributed by atoms with Crippen LogP contribution >= 0.6 is 15.9 Å². The summed E-state index contributed by atoms with van der Waals surface area (Å²) >= 11 is 3.36. The Balaban J connectivity index is 2.52. The van der Waals surface area contributed by atoms with Crippen LogP contribution in [0.1, 0.15) is 24.3 Å². The zero-order valence-corrected chi connectivity index (χ0v) is 13.2. The highest BCUT2D eigenvalue weighted by Gasteiger charge is 2.22. The van der Waals surface area contributed by atoms with E-state index in [9.17, 15) is 9.59 Å². The van der Waals surface area contributed by atoms with Crippen molar-refractivity contribution >= 4 is 33.6 Å². The lowest BCUT2D eigenvalue weighted by Gasteiger charge is -2.06. The SMILES string of the molecule is CCOC(=O)c1[nH]nc(NC(C)=O)c1-c1ccc(Br)cc1. The fourth-order valence-corrected chi connectivity index (χ4v) is 2.11. The molecule has 0 saturated carbocycles. The molecule has 1 amide bonds. The maximum absolute atomic E-state index is 12.0. The predicted molar refractivity (Wildman–Crippen MR) is 82.0 cm³/mol. The largest absolute Gasteiger partial charge is 0.461 e. The third-order valence-corrected chi connectivity index (χ3v) is 3.20. The van der Waals surface area contributed by atoms with Crippen molar-refractivity contribution in [3.05, 3.63) is 34.4 Å². The lowest BCUT2D eigenvalue weighted by Crippen LogP contribution is -2.09. The minimum atomic E-state index is -0.514. The van der Waals surface area contributed by atoms with Crippen LogP contribution in [0.4, 0.5) is 5.82 Å². The van der Waals surface area contributed by atoms with Gasteiger partial charge >= 0.3 is 5.97 Å². The summed E-state index contributed by atoms with van der Waals surface area (Å²) in [5.74, 6) is -0.484. The number of hydrogen-bond acceptors (Lipinski definition) is 4. The lowest BCUT2D eigenvalue weighted by atomic mass is 10.1. The van der Waals surface area contributed by atoms with E-state index in [2.05, 4.69) is 31.4 Å². The Morgan fingerprint density at radius 3 is 2.57 bits per heavy atom. The second-order valence-corrected chi connectivity index (χ2v) is 5.15. The molecule has 0 aliphatic heterocycles. The van der Waals surface area contributed by atoms with Gasteiger partial charge in [-0.3, -0.25) is 9.89 Å². The van der Waals surface area contributed by atoms with E-state index < -0.39 is 5.97 Å². The van der Waals surface area contributed by atoms with Crippen LogP contribution in [-0.4, -0.2) is 28.7 Å². The molecule has 21 heavy (non-hydrogen) atoms. The molecule has 1 aromatic heterocycles. The molecule has 1 aromatic carbocycles. The lowest BCUT2D eigenvalue weighted by molar-refractivity contribution is -0.114. The molecule has 0 spiro atoms. The minimum absolute atomic E-state index is 0.211. The van der Waals surface area contributed by atoms with Gasteiger partial charge in [0, 0.05) is 11.4 Å². The van der Waals surface area contributed by atoms with Crippen molar-refractivity contribution in [2.24, 2.45) is 0 Å². The zero-order chi connectivity index (χ0) is 15.4. The summed E-state index contributed by atoms with van der Waals surface area (Å²) in [6.45, 7) is 3.36. The molecule has 0 bridgehead atoms. The van der Waals surface area contributed by atoms with Crippen molar-refractivity contribution in [3.63, 3.8) is 0 Å². The number of aromatic nitrogens is 2. The summed E-state index contributed by atoms with van der Waals surface area (Å²) in [5, 5.41) is 9.22. The highest BCUT2D eigenvalue weighted by molar-refractivity contribution is 9.10. The normalized spacial score (nSPS) is 10.2. The molecule has 6 nitrogen and oxygen atoms in total. The van der Waals surface area contributed by atoms with Crippen LogP contribution in [0.15, 0.2) is 28.7 Å². The number of hydrogen-bond donors (Lipinski definition) is 2. The molecule has 2 rings (SSSR count). The predicted octanol–water partition coefficient (Wildman–Crippen LogP) is 2.97. The molecule has 0 aliphatic rings. The molecule has 110 valence electrons. The number of anilines is 1. The smallest absolute Gasteiger partial charge is 0.357 e. The maximum Gasteiger partial charge on any atom is 0.357 e. The van der Waals surface area contributed by atoms with E-state index in [0.29, 0.717) is 11.4 Å². The van der Waals surface area contributed by atoms with Gasteiger partial charge in [0.15, 0.2) is 11.5 Å². The Bertz CT molecular complexity index is 665. The van der Waals surface area contributed by atoms with Crippen LogP contribution < -0.4 is 5.32 Å². The average Bonchev–Trinajstić information content (AvgIpc) is 2.83. The number of benzene rings is 1. The number of amides is 1. The van der Waals surface area contributed by atoms with Crippen LogP contribution in [0.25, 0.3) is 11.1 Å². The number of esters is 1. The van der Waals surface area contributed by atoms with E-state index in [1.165, 1.54) is 6.92 Å². The first-order valence-corrected chi connectivity index (χ1v) is 7.11. The van der Waals surface area contributed by atoms with Gasteiger partial charge in [-0.1, -0.05) is 28.1 Å². The highest BCUT2D eigenvalue weighted by Crippen LogP contribution is 2.31. The highest BCUT2D eigenvalue weighted by atomic mass is 79.9.